The van der Waals surface area contributed by atoms with Crippen molar-refractivity contribution >= 4 is 17.9 Å². The number of aliphatic hydroxyl groups is 2. The smallest absolute Gasteiger partial charge is 0.407 e. The van der Waals surface area contributed by atoms with Gasteiger partial charge in [-0.2, -0.15) is 5.10 Å². The summed E-state index contributed by atoms with van der Waals surface area (Å²) in [6.45, 7) is 8.45. The molecule has 276 valence electrons. The second-order valence-electron chi connectivity index (χ2n) is 14.0. The second-order valence-corrected chi connectivity index (χ2v) is 14.0. The molecule has 3 amide bonds. The van der Waals surface area contributed by atoms with Gasteiger partial charge in [0.05, 0.1) is 24.3 Å². The van der Waals surface area contributed by atoms with E-state index in [1.807, 2.05) is 74.5 Å². The molecule has 3 aromatic rings. The molecule has 0 radical (unpaired) electrons. The van der Waals surface area contributed by atoms with E-state index in [2.05, 4.69) is 32.6 Å². The number of aromatic nitrogens is 3. The zero-order valence-corrected chi connectivity index (χ0v) is 29.8. The number of amides is 3. The molecular weight excluding hydrogens is 648 g/mol. The summed E-state index contributed by atoms with van der Waals surface area (Å²) in [5.41, 5.74) is 1.93. The fraction of sp³-hybridized carbons (Fsp3) is 0.513. The first-order valence-electron chi connectivity index (χ1n) is 18.1. The highest BCUT2D eigenvalue weighted by atomic mass is 16.5. The van der Waals surface area contributed by atoms with Crippen molar-refractivity contribution in [2.24, 2.45) is 11.8 Å². The van der Waals surface area contributed by atoms with Crippen LogP contribution in [0.2, 0.25) is 0 Å². The van der Waals surface area contributed by atoms with Crippen LogP contribution in [0.25, 0.3) is 0 Å². The minimum Gasteiger partial charge on any atom is -0.445 e. The van der Waals surface area contributed by atoms with E-state index >= 15 is 0 Å². The molecule has 0 aliphatic heterocycles. The number of aliphatic hydroxyl groups excluding tert-OH is 2. The van der Waals surface area contributed by atoms with Crippen molar-refractivity contribution in [3.63, 3.8) is 0 Å². The highest BCUT2D eigenvalue weighted by molar-refractivity contribution is 5.92. The first kappa shape index (κ1) is 39.2. The van der Waals surface area contributed by atoms with Gasteiger partial charge in [-0.25, -0.2) is 14.5 Å². The summed E-state index contributed by atoms with van der Waals surface area (Å²) in [6.07, 6.45) is 5.73. The molecule has 0 unspecified atom stereocenters. The molecule has 12 nitrogen and oxygen atoms in total. The van der Waals surface area contributed by atoms with Gasteiger partial charge in [-0.15, -0.1) is 0 Å². The molecule has 0 bridgehead atoms. The molecular formula is C39H54N6O6. The van der Waals surface area contributed by atoms with Crippen molar-refractivity contribution in [3.8, 4) is 0 Å². The Hall–Kier alpha value is -4.55. The Labute approximate surface area is 301 Å². The third kappa shape index (κ3) is 13.3. The molecule has 1 aromatic heterocycles. The Morgan fingerprint density at radius 3 is 2.22 bits per heavy atom. The van der Waals surface area contributed by atoms with Gasteiger partial charge in [0.25, 0.3) is 0 Å². The van der Waals surface area contributed by atoms with Crippen LogP contribution < -0.4 is 16.0 Å². The van der Waals surface area contributed by atoms with E-state index in [1.54, 1.807) is 0 Å². The largest absolute Gasteiger partial charge is 0.445 e. The maximum atomic E-state index is 14.2. The van der Waals surface area contributed by atoms with Crippen LogP contribution in [0.15, 0.2) is 85.5 Å². The number of nitrogens with one attached hydrogen (secondary N) is 3. The minimum absolute atomic E-state index is 0.00756. The maximum absolute atomic E-state index is 14.2. The first-order chi connectivity index (χ1) is 24.6. The average Bonchev–Trinajstić information content (AvgIpc) is 3.67. The van der Waals surface area contributed by atoms with Crippen molar-refractivity contribution in [1.29, 1.82) is 0 Å². The zero-order valence-electron chi connectivity index (χ0n) is 29.8. The molecule has 0 saturated heterocycles. The van der Waals surface area contributed by atoms with Gasteiger partial charge < -0.3 is 30.9 Å². The Morgan fingerprint density at radius 2 is 1.59 bits per heavy atom. The quantitative estimate of drug-likeness (QED) is 0.113. The average molecular weight is 703 g/mol. The minimum atomic E-state index is -1.21. The van der Waals surface area contributed by atoms with Crippen LogP contribution in [0, 0.1) is 11.8 Å². The molecule has 4 rings (SSSR count). The van der Waals surface area contributed by atoms with Crippen molar-refractivity contribution in [3.05, 3.63) is 96.6 Å². The number of carbonyl (C=O) groups is 3. The Bertz CT molecular complexity index is 1500. The number of hydrogen-bond donors (Lipinski definition) is 5. The van der Waals surface area contributed by atoms with Crippen LogP contribution in [0.3, 0.4) is 0 Å². The topological polar surface area (TPSA) is 168 Å². The molecule has 51 heavy (non-hydrogen) atoms. The van der Waals surface area contributed by atoms with Crippen molar-refractivity contribution < 1.29 is 29.3 Å². The summed E-state index contributed by atoms with van der Waals surface area (Å²) in [5, 5.41) is 36.1. The third-order valence-electron chi connectivity index (χ3n) is 9.35. The van der Waals surface area contributed by atoms with Crippen molar-refractivity contribution in [1.82, 2.24) is 30.7 Å². The number of rotatable bonds is 19. The molecule has 5 N–H and O–H groups in total. The second kappa shape index (κ2) is 20.3. The number of benzene rings is 2. The zero-order chi connectivity index (χ0) is 36.6. The lowest BCUT2D eigenvalue weighted by Gasteiger charge is -2.32. The van der Waals surface area contributed by atoms with Crippen LogP contribution in [0.1, 0.15) is 82.4 Å². The molecule has 1 aliphatic carbocycles. The van der Waals surface area contributed by atoms with Crippen LogP contribution in [-0.2, 0) is 27.4 Å². The van der Waals surface area contributed by atoms with E-state index in [1.165, 1.54) is 17.3 Å². The molecule has 1 heterocycles. The molecule has 0 spiro atoms. The molecule has 1 fully saturated rings. The third-order valence-corrected chi connectivity index (χ3v) is 9.35. The molecule has 5 atom stereocenters. The number of alkyl carbamates (subject to hydrolysis) is 1. The SMILES string of the molecule is C=C(C[C@H](O)[C@H](CC1CCCCC1)NC(=O)[C@H](C[C@@H](O)[C@H](Cc1ccccc1)NC(=O)OCc1ccccc1)n1cncn1)C(=O)NCC(C)C. The van der Waals surface area contributed by atoms with Crippen LogP contribution in [0.5, 0.6) is 0 Å². The Balaban J connectivity index is 1.50. The fourth-order valence-electron chi connectivity index (χ4n) is 6.46. The summed E-state index contributed by atoms with van der Waals surface area (Å²) in [6, 6.07) is 16.2. The molecule has 1 aliphatic rings. The van der Waals surface area contributed by atoms with E-state index in [4.69, 9.17) is 4.74 Å². The van der Waals surface area contributed by atoms with Crippen molar-refractivity contribution in [2.75, 3.05) is 6.54 Å². The first-order valence-corrected chi connectivity index (χ1v) is 18.1. The van der Waals surface area contributed by atoms with E-state index in [-0.39, 0.29) is 43.3 Å². The van der Waals surface area contributed by atoms with Crippen LogP contribution >= 0.6 is 0 Å². The van der Waals surface area contributed by atoms with Gasteiger partial charge >= 0.3 is 6.09 Å². The van der Waals surface area contributed by atoms with Crippen LogP contribution in [0.4, 0.5) is 4.79 Å². The number of carbonyl (C=O) groups excluding carboxylic acids is 3. The Kier molecular flexibility index (Phi) is 15.6. The normalized spacial score (nSPS) is 16.3. The fourth-order valence-corrected chi connectivity index (χ4v) is 6.46. The van der Waals surface area contributed by atoms with E-state index in [9.17, 15) is 24.6 Å². The van der Waals surface area contributed by atoms with Gasteiger partial charge in [0.2, 0.25) is 11.8 Å². The van der Waals surface area contributed by atoms with Gasteiger partial charge in [-0.05, 0) is 35.8 Å². The number of nitrogens with zero attached hydrogens (tertiary/aromatic N) is 3. The number of ether oxygens (including phenoxy) is 1. The van der Waals surface area contributed by atoms with Gasteiger partial charge in [0, 0.05) is 25.0 Å². The van der Waals surface area contributed by atoms with Crippen LogP contribution in [-0.4, -0.2) is 73.7 Å². The summed E-state index contributed by atoms with van der Waals surface area (Å²) < 4.78 is 6.84. The van der Waals surface area contributed by atoms with E-state index < -0.39 is 42.3 Å². The van der Waals surface area contributed by atoms with Crippen molar-refractivity contribution in [2.45, 2.75) is 109 Å². The predicted octanol–water partition coefficient (Wildman–Crippen LogP) is 4.64. The van der Waals surface area contributed by atoms with Gasteiger partial charge in [0.15, 0.2) is 0 Å². The lowest BCUT2D eigenvalue weighted by atomic mass is 9.83. The molecule has 12 heteroatoms. The lowest BCUT2D eigenvalue weighted by molar-refractivity contribution is -0.127. The molecule has 1 saturated carbocycles. The summed E-state index contributed by atoms with van der Waals surface area (Å²) in [4.78, 5) is 43.9. The highest BCUT2D eigenvalue weighted by Crippen LogP contribution is 2.29. The molecule has 2 aromatic carbocycles. The summed E-state index contributed by atoms with van der Waals surface area (Å²) in [5.74, 6) is -0.234. The van der Waals surface area contributed by atoms with E-state index in [0.29, 0.717) is 18.9 Å². The lowest BCUT2D eigenvalue weighted by Crippen LogP contribution is -2.50. The summed E-state index contributed by atoms with van der Waals surface area (Å²) >= 11 is 0. The van der Waals surface area contributed by atoms with Gasteiger partial charge in [-0.3, -0.25) is 9.59 Å². The van der Waals surface area contributed by atoms with Gasteiger partial charge in [-0.1, -0.05) is 113 Å². The predicted molar refractivity (Wildman–Crippen MR) is 194 cm³/mol. The standard InChI is InChI=1S/C39H54N6O6/c1-27(2)23-41-37(48)28(3)19-35(46)32(20-29-13-7-4-8-14-29)43-38(49)34(45-26-40-25-42-45)22-36(47)33(21-30-15-9-5-10-16-30)44-39(50)51-24-31-17-11-6-12-18-31/h5-6,9-12,15-18,25-27,29,32-36,46-47H,3-4,7-8,13-14,19-24H2,1-2H3,(H,41,48)(H,43,49)(H,44,50)/t32-,33-,34-,35-,36+/m0/s1. The Morgan fingerprint density at radius 1 is 0.922 bits per heavy atom. The van der Waals surface area contributed by atoms with Gasteiger partial charge in [0.1, 0.15) is 25.3 Å². The maximum Gasteiger partial charge on any atom is 0.407 e. The van der Waals surface area contributed by atoms with E-state index in [0.717, 1.165) is 43.2 Å². The monoisotopic (exact) mass is 702 g/mol. The highest BCUT2D eigenvalue weighted by Gasteiger charge is 2.34. The number of hydrogen-bond acceptors (Lipinski definition) is 8. The summed E-state index contributed by atoms with van der Waals surface area (Å²) in [7, 11) is 0.